The topological polar surface area (TPSA) is 96.9 Å². The molecule has 144 valence electrons. The highest BCUT2D eigenvalue weighted by molar-refractivity contribution is 5.75. The van der Waals surface area contributed by atoms with E-state index in [2.05, 4.69) is 10.6 Å². The summed E-state index contributed by atoms with van der Waals surface area (Å²) in [6, 6.07) is 9.18. The summed E-state index contributed by atoms with van der Waals surface area (Å²) in [5.74, 6) is -0.869. The van der Waals surface area contributed by atoms with E-state index in [0.29, 0.717) is 39.1 Å². The summed E-state index contributed by atoms with van der Waals surface area (Å²) in [6.07, 6.45) is 2.38. The number of amides is 2. The molecule has 2 rings (SSSR count). The third-order valence-electron chi connectivity index (χ3n) is 4.63. The number of rotatable bonds is 10. The van der Waals surface area contributed by atoms with Crippen LogP contribution in [0.5, 0.6) is 0 Å². The number of carbonyl (C=O) groups excluding carboxylic acids is 1. The van der Waals surface area contributed by atoms with Crippen molar-refractivity contribution in [1.82, 2.24) is 10.6 Å². The maximum absolute atomic E-state index is 12.5. The fourth-order valence-electron chi connectivity index (χ4n) is 3.15. The zero-order valence-electron chi connectivity index (χ0n) is 15.2. The molecule has 0 saturated carbocycles. The molecule has 0 radical (unpaired) electrons. The first-order valence-corrected chi connectivity index (χ1v) is 8.94. The fourth-order valence-corrected chi connectivity index (χ4v) is 3.15. The molecule has 26 heavy (non-hydrogen) atoms. The Bertz CT molecular complexity index is 573. The van der Waals surface area contributed by atoms with Crippen LogP contribution in [0.4, 0.5) is 4.79 Å². The van der Waals surface area contributed by atoms with Crippen LogP contribution in [0.3, 0.4) is 0 Å². The number of urea groups is 1. The Kier molecular flexibility index (Phi) is 7.87. The fraction of sp³-hybridized carbons (Fsp3) is 0.579. The van der Waals surface area contributed by atoms with Crippen molar-refractivity contribution in [1.29, 1.82) is 0 Å². The summed E-state index contributed by atoms with van der Waals surface area (Å²) in [5, 5.41) is 14.9. The van der Waals surface area contributed by atoms with E-state index in [9.17, 15) is 9.59 Å². The molecular formula is C19H28N2O5. The lowest BCUT2D eigenvalue weighted by atomic mass is 9.95. The third kappa shape index (κ3) is 6.65. The number of carboxylic acids is 1. The minimum atomic E-state index is -0.869. The van der Waals surface area contributed by atoms with Gasteiger partial charge < -0.3 is 25.2 Å². The Balaban J connectivity index is 1.96. The molecule has 0 aliphatic carbocycles. The Labute approximate surface area is 154 Å². The van der Waals surface area contributed by atoms with E-state index in [1.807, 2.05) is 30.3 Å². The number of carbonyl (C=O) groups is 2. The molecule has 1 aromatic carbocycles. The molecule has 7 nitrogen and oxygen atoms in total. The first-order chi connectivity index (χ1) is 12.5. The summed E-state index contributed by atoms with van der Waals surface area (Å²) in [7, 11) is 1.63. The maximum Gasteiger partial charge on any atom is 0.315 e. The molecule has 3 N–H and O–H groups in total. The van der Waals surface area contributed by atoms with Crippen molar-refractivity contribution in [2.45, 2.75) is 43.7 Å². The van der Waals surface area contributed by atoms with Gasteiger partial charge in [0, 0.05) is 32.8 Å². The largest absolute Gasteiger partial charge is 0.481 e. The predicted molar refractivity (Wildman–Crippen MR) is 97.1 cm³/mol. The summed E-state index contributed by atoms with van der Waals surface area (Å²) in [6.45, 7) is 1.61. The van der Waals surface area contributed by atoms with E-state index in [4.69, 9.17) is 14.6 Å². The molecule has 1 aliphatic rings. The molecule has 2 unspecified atom stereocenters. The summed E-state index contributed by atoms with van der Waals surface area (Å²) in [5.41, 5.74) is 0.631. The molecule has 1 aromatic rings. The highest BCUT2D eigenvalue weighted by Gasteiger charge is 2.36. The van der Waals surface area contributed by atoms with Crippen molar-refractivity contribution in [2.75, 3.05) is 26.9 Å². The lowest BCUT2D eigenvalue weighted by molar-refractivity contribution is -0.137. The van der Waals surface area contributed by atoms with E-state index < -0.39 is 11.5 Å². The molecule has 0 aromatic heterocycles. The van der Waals surface area contributed by atoms with Crippen LogP contribution in [0.2, 0.25) is 0 Å². The van der Waals surface area contributed by atoms with Crippen LogP contribution < -0.4 is 10.6 Å². The average molecular weight is 364 g/mol. The van der Waals surface area contributed by atoms with Crippen molar-refractivity contribution in [3.05, 3.63) is 35.9 Å². The maximum atomic E-state index is 12.5. The number of nitrogens with one attached hydrogen (secondary N) is 2. The van der Waals surface area contributed by atoms with Crippen LogP contribution >= 0.6 is 0 Å². The number of hydrogen-bond donors (Lipinski definition) is 3. The first-order valence-electron chi connectivity index (χ1n) is 8.94. The summed E-state index contributed by atoms with van der Waals surface area (Å²) in [4.78, 5) is 23.5. The summed E-state index contributed by atoms with van der Waals surface area (Å²) >= 11 is 0. The molecular weight excluding hydrogens is 336 g/mol. The average Bonchev–Trinajstić information content (AvgIpc) is 3.07. The standard InChI is InChI=1S/C19H28N2O5/c1-25-11-9-19(10-12-26-14-19)21-18(24)20-16(7-8-17(22)23)13-15-5-3-2-4-6-15/h2-6,16H,7-14H2,1H3,(H,22,23)(H2,20,21,24). The molecule has 0 spiro atoms. The minimum absolute atomic E-state index is 0.00963. The van der Waals surface area contributed by atoms with Crippen molar-refractivity contribution in [2.24, 2.45) is 0 Å². The Morgan fingerprint density at radius 1 is 1.35 bits per heavy atom. The molecule has 1 saturated heterocycles. The van der Waals surface area contributed by atoms with Gasteiger partial charge in [-0.3, -0.25) is 4.79 Å². The molecule has 0 bridgehead atoms. The van der Waals surface area contributed by atoms with E-state index in [-0.39, 0.29) is 18.5 Å². The van der Waals surface area contributed by atoms with Gasteiger partial charge in [-0.05, 0) is 31.2 Å². The van der Waals surface area contributed by atoms with Crippen molar-refractivity contribution >= 4 is 12.0 Å². The van der Waals surface area contributed by atoms with Gasteiger partial charge in [-0.2, -0.15) is 0 Å². The van der Waals surface area contributed by atoms with Crippen LogP contribution in [-0.4, -0.2) is 55.6 Å². The van der Waals surface area contributed by atoms with Crippen molar-refractivity contribution in [3.8, 4) is 0 Å². The van der Waals surface area contributed by atoms with E-state index >= 15 is 0 Å². The van der Waals surface area contributed by atoms with Crippen LogP contribution in [-0.2, 0) is 20.7 Å². The van der Waals surface area contributed by atoms with Gasteiger partial charge in [0.15, 0.2) is 0 Å². The van der Waals surface area contributed by atoms with Gasteiger partial charge in [0.1, 0.15) is 0 Å². The second-order valence-electron chi connectivity index (χ2n) is 6.74. The van der Waals surface area contributed by atoms with Crippen LogP contribution in [0.15, 0.2) is 30.3 Å². The van der Waals surface area contributed by atoms with Gasteiger partial charge in [-0.1, -0.05) is 30.3 Å². The monoisotopic (exact) mass is 364 g/mol. The lowest BCUT2D eigenvalue weighted by Gasteiger charge is -2.30. The second-order valence-corrected chi connectivity index (χ2v) is 6.74. The Hall–Kier alpha value is -2.12. The van der Waals surface area contributed by atoms with Gasteiger partial charge >= 0.3 is 12.0 Å². The van der Waals surface area contributed by atoms with Gasteiger partial charge in [-0.15, -0.1) is 0 Å². The zero-order chi connectivity index (χ0) is 18.8. The van der Waals surface area contributed by atoms with Crippen molar-refractivity contribution in [3.63, 3.8) is 0 Å². The number of methoxy groups -OCH3 is 1. The Morgan fingerprint density at radius 2 is 2.12 bits per heavy atom. The van der Waals surface area contributed by atoms with E-state index in [0.717, 1.165) is 12.0 Å². The lowest BCUT2D eigenvalue weighted by Crippen LogP contribution is -2.55. The number of carboxylic acid groups (broad SMARTS) is 1. The normalized spacial score (nSPS) is 20.5. The van der Waals surface area contributed by atoms with Crippen LogP contribution in [0.1, 0.15) is 31.2 Å². The Morgan fingerprint density at radius 3 is 2.73 bits per heavy atom. The third-order valence-corrected chi connectivity index (χ3v) is 4.63. The second kappa shape index (κ2) is 10.1. The minimum Gasteiger partial charge on any atom is -0.481 e. The highest BCUT2D eigenvalue weighted by Crippen LogP contribution is 2.22. The number of aliphatic carboxylic acids is 1. The molecule has 7 heteroatoms. The molecule has 2 atom stereocenters. The van der Waals surface area contributed by atoms with Gasteiger partial charge in [0.25, 0.3) is 0 Å². The number of hydrogen-bond acceptors (Lipinski definition) is 4. The van der Waals surface area contributed by atoms with Gasteiger partial charge in [0.05, 0.1) is 12.1 Å². The molecule has 1 aliphatic heterocycles. The quantitative estimate of drug-likeness (QED) is 0.590. The number of ether oxygens (including phenoxy) is 2. The van der Waals surface area contributed by atoms with Gasteiger partial charge in [-0.25, -0.2) is 4.79 Å². The SMILES string of the molecule is COCCC1(NC(=O)NC(CCC(=O)O)Cc2ccccc2)CCOC1. The molecule has 1 heterocycles. The van der Waals surface area contributed by atoms with Crippen LogP contribution in [0, 0.1) is 0 Å². The number of benzene rings is 1. The smallest absolute Gasteiger partial charge is 0.315 e. The predicted octanol–water partition coefficient (Wildman–Crippen LogP) is 1.96. The molecule has 2 amide bonds. The zero-order valence-corrected chi connectivity index (χ0v) is 15.2. The highest BCUT2D eigenvalue weighted by atomic mass is 16.5. The van der Waals surface area contributed by atoms with E-state index in [1.54, 1.807) is 7.11 Å². The van der Waals surface area contributed by atoms with E-state index in [1.165, 1.54) is 0 Å². The van der Waals surface area contributed by atoms with Crippen LogP contribution in [0.25, 0.3) is 0 Å². The first kappa shape index (κ1) is 20.2. The molecule has 1 fully saturated rings. The summed E-state index contributed by atoms with van der Waals surface area (Å²) < 4.78 is 10.6. The van der Waals surface area contributed by atoms with Crippen molar-refractivity contribution < 1.29 is 24.2 Å². The van der Waals surface area contributed by atoms with Gasteiger partial charge in [0.2, 0.25) is 0 Å².